The Bertz CT molecular complexity index is 577. The van der Waals surface area contributed by atoms with Gasteiger partial charge in [-0.1, -0.05) is 0 Å². The minimum absolute atomic E-state index is 0.00793. The number of halogens is 14. The summed E-state index contributed by atoms with van der Waals surface area (Å²) in [4.78, 5) is 0. The Kier molecular flexibility index (Phi) is 8.17. The van der Waals surface area contributed by atoms with E-state index >= 15 is 0 Å². The Labute approximate surface area is 165 Å². The smallest absolute Gasteiger partial charge is 0.369 e. The van der Waals surface area contributed by atoms with Gasteiger partial charge in [0.25, 0.3) is 0 Å². The molecule has 2 nitrogen and oxygen atoms in total. The van der Waals surface area contributed by atoms with Crippen LogP contribution in [0.5, 0.6) is 0 Å². The fourth-order valence-corrected chi connectivity index (χ4v) is 2.41. The van der Waals surface area contributed by atoms with Crippen molar-refractivity contribution in [2.24, 2.45) is 5.92 Å². The highest BCUT2D eigenvalue weighted by Gasteiger charge is 2.74. The molecular formula is C15H14F14O2. The van der Waals surface area contributed by atoms with E-state index < -0.39 is 61.3 Å². The van der Waals surface area contributed by atoms with E-state index in [1.54, 1.807) is 0 Å². The topological polar surface area (TPSA) is 18.5 Å². The first-order chi connectivity index (χ1) is 13.7. The summed E-state index contributed by atoms with van der Waals surface area (Å²) in [5, 5.41) is 0. The van der Waals surface area contributed by atoms with Gasteiger partial charge in [-0.3, -0.25) is 0 Å². The molecule has 1 rings (SSSR count). The van der Waals surface area contributed by atoms with Crippen molar-refractivity contribution in [2.75, 3.05) is 13.2 Å². The maximum atomic E-state index is 13.3. The lowest BCUT2D eigenvalue weighted by Crippen LogP contribution is -2.55. The zero-order valence-corrected chi connectivity index (χ0v) is 15.0. The molecule has 31 heavy (non-hydrogen) atoms. The fourth-order valence-electron chi connectivity index (χ4n) is 2.41. The summed E-state index contributed by atoms with van der Waals surface area (Å²) in [6.45, 7) is -5.19. The monoisotopic (exact) mass is 492 g/mol. The first-order valence-corrected chi connectivity index (χ1v) is 8.20. The molecule has 1 aliphatic carbocycles. The zero-order chi connectivity index (χ0) is 24.5. The Morgan fingerprint density at radius 3 is 1.58 bits per heavy atom. The van der Waals surface area contributed by atoms with Crippen LogP contribution in [-0.4, -0.2) is 55.4 Å². The van der Waals surface area contributed by atoms with E-state index in [0.29, 0.717) is 0 Å². The average molecular weight is 492 g/mol. The molecule has 0 aromatic heterocycles. The van der Waals surface area contributed by atoms with Gasteiger partial charge in [-0.25, -0.2) is 0 Å². The van der Waals surface area contributed by atoms with Crippen molar-refractivity contribution in [2.45, 2.75) is 61.4 Å². The predicted molar refractivity (Wildman–Crippen MR) is 73.5 cm³/mol. The van der Waals surface area contributed by atoms with E-state index in [1.807, 2.05) is 0 Å². The third kappa shape index (κ3) is 6.05. The van der Waals surface area contributed by atoms with Crippen molar-refractivity contribution >= 4 is 0 Å². The van der Waals surface area contributed by atoms with Crippen LogP contribution in [0.1, 0.15) is 19.3 Å². The minimum atomic E-state index is -6.67. The number of hydrogen-bond acceptors (Lipinski definition) is 2. The van der Waals surface area contributed by atoms with Crippen LogP contribution in [0.3, 0.4) is 0 Å². The van der Waals surface area contributed by atoms with Gasteiger partial charge in [0.15, 0.2) is 0 Å². The molecule has 0 saturated heterocycles. The van der Waals surface area contributed by atoms with Crippen LogP contribution in [0.15, 0.2) is 0 Å². The molecule has 0 aromatic rings. The lowest BCUT2D eigenvalue weighted by molar-refractivity contribution is -0.364. The molecule has 0 aliphatic heterocycles. The van der Waals surface area contributed by atoms with Gasteiger partial charge in [-0.15, -0.1) is 0 Å². The molecule has 2 atom stereocenters. The number of hydrogen-bond donors (Lipinski definition) is 0. The molecule has 184 valence electrons. The van der Waals surface area contributed by atoms with Crippen molar-refractivity contribution in [1.29, 1.82) is 0 Å². The highest BCUT2D eigenvalue weighted by atomic mass is 19.4. The summed E-state index contributed by atoms with van der Waals surface area (Å²) in [6.07, 6.45) is -13.6. The molecule has 1 fully saturated rings. The van der Waals surface area contributed by atoms with Gasteiger partial charge < -0.3 is 9.47 Å². The first-order valence-electron chi connectivity index (χ1n) is 8.20. The van der Waals surface area contributed by atoms with Crippen LogP contribution >= 0.6 is 0 Å². The highest BCUT2D eigenvalue weighted by Crippen LogP contribution is 2.48. The summed E-state index contributed by atoms with van der Waals surface area (Å²) in [7, 11) is 0. The third-order valence-electron chi connectivity index (χ3n) is 4.26. The maximum absolute atomic E-state index is 13.3. The fraction of sp³-hybridized carbons (Fsp3) is 0.867. The average Bonchev–Trinajstić information content (AvgIpc) is 3.09. The second-order valence-electron chi connectivity index (χ2n) is 6.64. The molecule has 1 aliphatic rings. The van der Waals surface area contributed by atoms with Gasteiger partial charge in [0.2, 0.25) is 0 Å². The molecule has 1 saturated carbocycles. The molecular weight excluding hydrogens is 478 g/mol. The van der Waals surface area contributed by atoms with Crippen molar-refractivity contribution in [3.05, 3.63) is 13.0 Å². The molecule has 16 heteroatoms. The van der Waals surface area contributed by atoms with Crippen LogP contribution in [0.25, 0.3) is 0 Å². The Morgan fingerprint density at radius 2 is 1.19 bits per heavy atom. The van der Waals surface area contributed by atoms with Crippen molar-refractivity contribution < 1.29 is 70.9 Å². The van der Waals surface area contributed by atoms with Crippen LogP contribution in [0, 0.1) is 18.9 Å². The van der Waals surface area contributed by atoms with E-state index in [2.05, 4.69) is 9.47 Å². The van der Waals surface area contributed by atoms with E-state index in [1.165, 1.54) is 6.42 Å². The van der Waals surface area contributed by atoms with Gasteiger partial charge in [-0.05, 0) is 31.6 Å². The Balaban J connectivity index is 2.84. The maximum Gasteiger partial charge on any atom is 0.459 e. The van der Waals surface area contributed by atoms with E-state index in [9.17, 15) is 61.5 Å². The normalized spacial score (nSPS) is 19.2. The van der Waals surface area contributed by atoms with Crippen molar-refractivity contribution in [3.63, 3.8) is 0 Å². The van der Waals surface area contributed by atoms with Gasteiger partial charge in [-0.2, -0.15) is 61.5 Å². The second kappa shape index (κ2) is 9.06. The molecule has 0 heterocycles. The molecule has 0 N–H and O–H groups in total. The van der Waals surface area contributed by atoms with Gasteiger partial charge >= 0.3 is 36.0 Å². The first kappa shape index (κ1) is 28.0. The Hall–Kier alpha value is -1.06. The summed E-state index contributed by atoms with van der Waals surface area (Å²) in [5.74, 6) is -25.7. The molecule has 0 spiro atoms. The lowest BCUT2D eigenvalue weighted by Gasteiger charge is -2.31. The van der Waals surface area contributed by atoms with Gasteiger partial charge in [0.1, 0.15) is 19.8 Å². The Morgan fingerprint density at radius 1 is 0.742 bits per heavy atom. The van der Waals surface area contributed by atoms with E-state index in [0.717, 1.165) is 0 Å². The summed E-state index contributed by atoms with van der Waals surface area (Å²) >= 11 is 0. The van der Waals surface area contributed by atoms with Crippen LogP contribution in [0.2, 0.25) is 0 Å². The molecule has 2 radical (unpaired) electrons. The lowest BCUT2D eigenvalue weighted by atomic mass is 10.0. The second-order valence-corrected chi connectivity index (χ2v) is 6.64. The highest BCUT2D eigenvalue weighted by molar-refractivity contribution is 4.95. The number of ether oxygens (including phenoxy) is 2. The molecule has 0 amide bonds. The summed E-state index contributed by atoms with van der Waals surface area (Å²) in [5.41, 5.74) is 0. The van der Waals surface area contributed by atoms with Crippen LogP contribution in [0.4, 0.5) is 61.5 Å². The number of alkyl halides is 14. The van der Waals surface area contributed by atoms with Crippen LogP contribution in [-0.2, 0) is 9.47 Å². The summed E-state index contributed by atoms with van der Waals surface area (Å²) in [6, 6.07) is 0. The third-order valence-corrected chi connectivity index (χ3v) is 4.26. The standard InChI is InChI=1S/C15H14F14O2/c16-10(17,12(20,21)14(24,25)26)6-30-5-9(8-3-1-2-4-8)31-7-11(18,19)13(22,23)15(27,28)29/h1,5,8-9H,2-4,6-7H2. The number of rotatable bonds is 10. The van der Waals surface area contributed by atoms with Gasteiger partial charge in [0, 0.05) is 0 Å². The summed E-state index contributed by atoms with van der Waals surface area (Å²) < 4.78 is 185. The van der Waals surface area contributed by atoms with Crippen molar-refractivity contribution in [1.82, 2.24) is 0 Å². The van der Waals surface area contributed by atoms with E-state index in [4.69, 9.17) is 0 Å². The molecule has 0 bridgehead atoms. The minimum Gasteiger partial charge on any atom is -0.369 e. The molecule has 2 unspecified atom stereocenters. The van der Waals surface area contributed by atoms with E-state index in [-0.39, 0.29) is 25.9 Å². The van der Waals surface area contributed by atoms with Crippen LogP contribution < -0.4 is 0 Å². The quantitative estimate of drug-likeness (QED) is 0.337. The zero-order valence-electron chi connectivity index (χ0n) is 15.0. The molecule has 0 aromatic carbocycles. The van der Waals surface area contributed by atoms with Gasteiger partial charge in [0.05, 0.1) is 6.10 Å². The largest absolute Gasteiger partial charge is 0.459 e. The van der Waals surface area contributed by atoms with Crippen molar-refractivity contribution in [3.8, 4) is 0 Å². The predicted octanol–water partition coefficient (Wildman–Crippen LogP) is 6.22. The SMILES string of the molecule is FC(F)(F)C(F)(F)C(F)(F)CO[CH]C(OCC(F)(F)C(F)(F)C(F)(F)F)C1C[CH]CC1.